The van der Waals surface area contributed by atoms with E-state index in [0.717, 1.165) is 5.56 Å². The average Bonchev–Trinajstić information content (AvgIpc) is 2.44. The Morgan fingerprint density at radius 2 is 1.76 bits per heavy atom. The van der Waals surface area contributed by atoms with Crippen LogP contribution < -0.4 is 0 Å². The first-order valence-electron chi connectivity index (χ1n) is 6.37. The van der Waals surface area contributed by atoms with Crippen LogP contribution in [0.5, 0.6) is 0 Å². The molecule has 0 radical (unpaired) electrons. The number of carbonyl (C=O) groups is 1. The van der Waals surface area contributed by atoms with Gasteiger partial charge in [0.15, 0.2) is 5.78 Å². The van der Waals surface area contributed by atoms with Crippen LogP contribution in [0.3, 0.4) is 0 Å². The molecule has 0 unspecified atom stereocenters. The Labute approximate surface area is 139 Å². The van der Waals surface area contributed by atoms with E-state index >= 15 is 0 Å². The summed E-state index contributed by atoms with van der Waals surface area (Å²) in [4.78, 5) is 14.2. The fourth-order valence-electron chi connectivity index (χ4n) is 2.01. The Bertz CT molecular complexity index is 658. The zero-order valence-electron chi connectivity index (χ0n) is 11.4. The predicted octanol–water partition coefficient (Wildman–Crippen LogP) is 4.96. The van der Waals surface area contributed by atoms with Gasteiger partial charge in [0, 0.05) is 22.2 Å². The fourth-order valence-corrected chi connectivity index (χ4v) is 2.61. The van der Waals surface area contributed by atoms with Gasteiger partial charge in [0.25, 0.3) is 0 Å². The first kappa shape index (κ1) is 16.3. The summed E-state index contributed by atoms with van der Waals surface area (Å²) >= 11 is 18.1. The highest BCUT2D eigenvalue weighted by atomic mass is 35.5. The molecule has 0 saturated heterocycles. The molecule has 0 aliphatic heterocycles. The summed E-state index contributed by atoms with van der Waals surface area (Å²) in [6.07, 6.45) is 0. The van der Waals surface area contributed by atoms with Crippen molar-refractivity contribution in [2.75, 3.05) is 13.6 Å². The summed E-state index contributed by atoms with van der Waals surface area (Å²) < 4.78 is 0. The second-order valence-corrected chi connectivity index (χ2v) is 6.06. The van der Waals surface area contributed by atoms with Gasteiger partial charge in [0.05, 0.1) is 11.6 Å². The Kier molecular flexibility index (Phi) is 5.65. The van der Waals surface area contributed by atoms with Gasteiger partial charge in [0.1, 0.15) is 0 Å². The van der Waals surface area contributed by atoms with Gasteiger partial charge in [0.2, 0.25) is 0 Å². The number of benzene rings is 2. The maximum Gasteiger partial charge on any atom is 0.178 e. The van der Waals surface area contributed by atoms with E-state index in [1.54, 1.807) is 18.2 Å². The third-order valence-corrected chi connectivity index (χ3v) is 3.97. The number of Topliss-reactive ketones (excluding diaryl/α,β-unsaturated/α-hetero) is 1. The number of nitrogens with zero attached hydrogens (tertiary/aromatic N) is 1. The van der Waals surface area contributed by atoms with E-state index in [2.05, 4.69) is 0 Å². The monoisotopic (exact) mass is 341 g/mol. The lowest BCUT2D eigenvalue weighted by molar-refractivity contribution is 0.0943. The highest BCUT2D eigenvalue weighted by molar-refractivity contribution is 6.36. The van der Waals surface area contributed by atoms with Crippen molar-refractivity contribution in [3.8, 4) is 0 Å². The Balaban J connectivity index is 2.06. The quantitative estimate of drug-likeness (QED) is 0.716. The lowest BCUT2D eigenvalue weighted by atomic mass is 10.1. The summed E-state index contributed by atoms with van der Waals surface area (Å²) in [5, 5.41) is 1.60. The molecule has 0 atom stereocenters. The molecule has 0 aliphatic rings. The van der Waals surface area contributed by atoms with Crippen LogP contribution in [0.2, 0.25) is 15.1 Å². The van der Waals surface area contributed by atoms with Gasteiger partial charge < -0.3 is 0 Å². The van der Waals surface area contributed by atoms with Gasteiger partial charge >= 0.3 is 0 Å². The lowest BCUT2D eigenvalue weighted by Crippen LogP contribution is -2.26. The van der Waals surface area contributed by atoms with Gasteiger partial charge in [-0.05, 0) is 36.9 Å². The van der Waals surface area contributed by atoms with E-state index < -0.39 is 0 Å². The molecule has 2 nitrogen and oxygen atoms in total. The fraction of sp³-hybridized carbons (Fsp3) is 0.188. The molecule has 2 aromatic rings. The van der Waals surface area contributed by atoms with Gasteiger partial charge in [-0.1, -0.05) is 53.0 Å². The van der Waals surface area contributed by atoms with Crippen LogP contribution in [0, 0.1) is 0 Å². The number of carbonyl (C=O) groups excluding carboxylic acids is 1. The molecule has 0 fully saturated rings. The minimum Gasteiger partial charge on any atom is -0.295 e. The van der Waals surface area contributed by atoms with Gasteiger partial charge in [-0.3, -0.25) is 9.69 Å². The summed E-state index contributed by atoms with van der Waals surface area (Å²) in [6, 6.07) is 12.5. The Hall–Kier alpha value is -1.06. The second-order valence-electron chi connectivity index (χ2n) is 4.81. The molecule has 21 heavy (non-hydrogen) atoms. The van der Waals surface area contributed by atoms with E-state index in [-0.39, 0.29) is 12.3 Å². The van der Waals surface area contributed by atoms with Gasteiger partial charge in [-0.15, -0.1) is 0 Å². The Morgan fingerprint density at radius 3 is 2.48 bits per heavy atom. The smallest absolute Gasteiger partial charge is 0.178 e. The van der Waals surface area contributed by atoms with E-state index in [4.69, 9.17) is 34.8 Å². The van der Waals surface area contributed by atoms with Crippen molar-refractivity contribution in [1.82, 2.24) is 4.90 Å². The first-order chi connectivity index (χ1) is 9.97. The third kappa shape index (κ3) is 4.45. The van der Waals surface area contributed by atoms with E-state index in [1.807, 2.05) is 36.2 Å². The van der Waals surface area contributed by atoms with Crippen molar-refractivity contribution in [2.45, 2.75) is 6.54 Å². The molecule has 2 rings (SSSR count). The standard InChI is InChI=1S/C16H14Cl3NO/c1-20(9-11-4-2-3-5-14(11)18)10-16(21)13-8-12(17)6-7-15(13)19/h2-8H,9-10H2,1H3. The summed E-state index contributed by atoms with van der Waals surface area (Å²) in [7, 11) is 1.86. The van der Waals surface area contributed by atoms with Crippen LogP contribution in [0.4, 0.5) is 0 Å². The van der Waals surface area contributed by atoms with Crippen LogP contribution in [0.15, 0.2) is 42.5 Å². The SMILES string of the molecule is CN(CC(=O)c1cc(Cl)ccc1Cl)Cc1ccccc1Cl. The molecule has 0 amide bonds. The number of likely N-dealkylation sites (N-methyl/N-ethyl adjacent to an activating group) is 1. The van der Waals surface area contributed by atoms with Crippen LogP contribution in [-0.4, -0.2) is 24.3 Å². The highest BCUT2D eigenvalue weighted by Gasteiger charge is 2.14. The van der Waals surface area contributed by atoms with Gasteiger partial charge in [-0.25, -0.2) is 0 Å². The molecule has 2 aromatic carbocycles. The van der Waals surface area contributed by atoms with Crippen LogP contribution >= 0.6 is 34.8 Å². The summed E-state index contributed by atoms with van der Waals surface area (Å²) in [5.74, 6) is -0.0722. The molecule has 5 heteroatoms. The minimum absolute atomic E-state index is 0.0722. The number of hydrogen-bond donors (Lipinski definition) is 0. The van der Waals surface area contributed by atoms with Crippen molar-refractivity contribution < 1.29 is 4.79 Å². The lowest BCUT2D eigenvalue weighted by Gasteiger charge is -2.17. The van der Waals surface area contributed by atoms with Crippen LogP contribution in [0.1, 0.15) is 15.9 Å². The maximum absolute atomic E-state index is 12.3. The zero-order valence-corrected chi connectivity index (χ0v) is 13.7. The molecule has 0 bridgehead atoms. The van der Waals surface area contributed by atoms with Gasteiger partial charge in [-0.2, -0.15) is 0 Å². The molecule has 0 saturated carbocycles. The molecular weight excluding hydrogens is 329 g/mol. The molecule has 0 spiro atoms. The number of halogens is 3. The number of rotatable bonds is 5. The number of hydrogen-bond acceptors (Lipinski definition) is 2. The molecule has 0 aliphatic carbocycles. The summed E-state index contributed by atoms with van der Waals surface area (Å²) in [6.45, 7) is 0.828. The zero-order chi connectivity index (χ0) is 15.4. The number of ketones is 1. The largest absolute Gasteiger partial charge is 0.295 e. The molecule has 0 aromatic heterocycles. The third-order valence-electron chi connectivity index (χ3n) is 3.04. The van der Waals surface area contributed by atoms with E-state index in [1.165, 1.54) is 0 Å². The predicted molar refractivity (Wildman–Crippen MR) is 88.6 cm³/mol. The first-order valence-corrected chi connectivity index (χ1v) is 7.51. The van der Waals surface area contributed by atoms with Crippen molar-refractivity contribution >= 4 is 40.6 Å². The normalized spacial score (nSPS) is 10.9. The van der Waals surface area contributed by atoms with Crippen molar-refractivity contribution in [1.29, 1.82) is 0 Å². The van der Waals surface area contributed by atoms with Crippen LogP contribution in [-0.2, 0) is 6.54 Å². The minimum atomic E-state index is -0.0722. The Morgan fingerprint density at radius 1 is 1.05 bits per heavy atom. The second kappa shape index (κ2) is 7.28. The van der Waals surface area contributed by atoms with E-state index in [0.29, 0.717) is 27.2 Å². The van der Waals surface area contributed by atoms with Crippen molar-refractivity contribution in [3.63, 3.8) is 0 Å². The summed E-state index contributed by atoms with van der Waals surface area (Å²) in [5.41, 5.74) is 1.42. The van der Waals surface area contributed by atoms with Crippen LogP contribution in [0.25, 0.3) is 0 Å². The molecule has 0 N–H and O–H groups in total. The van der Waals surface area contributed by atoms with E-state index in [9.17, 15) is 4.79 Å². The maximum atomic E-state index is 12.3. The molecular formula is C16H14Cl3NO. The van der Waals surface area contributed by atoms with Crippen molar-refractivity contribution in [3.05, 3.63) is 68.7 Å². The highest BCUT2D eigenvalue weighted by Crippen LogP contribution is 2.22. The molecule has 0 heterocycles. The molecule has 110 valence electrons. The topological polar surface area (TPSA) is 20.3 Å². The van der Waals surface area contributed by atoms with Crippen molar-refractivity contribution in [2.24, 2.45) is 0 Å². The average molecular weight is 343 g/mol.